The zero-order valence-corrected chi connectivity index (χ0v) is 17.8. The van der Waals surface area contributed by atoms with Gasteiger partial charge in [0, 0.05) is 18.3 Å². The fourth-order valence-corrected chi connectivity index (χ4v) is 4.71. The molecule has 0 aromatic rings. The van der Waals surface area contributed by atoms with Gasteiger partial charge in [-0.1, -0.05) is 64.2 Å². The Morgan fingerprint density at radius 2 is 1.86 bits per heavy atom. The SMILES string of the molecule is CCOC(=O)C(C(=O)C1C=CC=CC1)C(C)CC(=O)C1C(C)C=CCC1(C)C. The second-order valence-corrected chi connectivity index (χ2v) is 8.89. The van der Waals surface area contributed by atoms with Gasteiger partial charge in [0.1, 0.15) is 11.7 Å². The van der Waals surface area contributed by atoms with E-state index in [9.17, 15) is 14.4 Å². The van der Waals surface area contributed by atoms with E-state index in [-0.39, 0.29) is 53.7 Å². The molecule has 2 aliphatic carbocycles. The Bertz CT molecular complexity index is 683. The number of rotatable bonds is 8. The number of ether oxygens (including phenoxy) is 1. The van der Waals surface area contributed by atoms with Crippen LogP contribution in [0.1, 0.15) is 53.9 Å². The number of allylic oxidation sites excluding steroid dienone is 6. The normalized spacial score (nSPS) is 27.8. The molecule has 28 heavy (non-hydrogen) atoms. The molecule has 154 valence electrons. The van der Waals surface area contributed by atoms with E-state index in [1.165, 1.54) is 0 Å². The van der Waals surface area contributed by atoms with Gasteiger partial charge in [0.25, 0.3) is 0 Å². The summed E-state index contributed by atoms with van der Waals surface area (Å²) in [5, 5.41) is 0. The Labute approximate surface area is 169 Å². The maximum Gasteiger partial charge on any atom is 0.316 e. The average Bonchev–Trinajstić information content (AvgIpc) is 2.61. The van der Waals surface area contributed by atoms with E-state index < -0.39 is 11.9 Å². The van der Waals surface area contributed by atoms with E-state index in [2.05, 4.69) is 32.9 Å². The van der Waals surface area contributed by atoms with Gasteiger partial charge in [-0.05, 0) is 37.0 Å². The maximum absolute atomic E-state index is 13.2. The largest absolute Gasteiger partial charge is 0.465 e. The highest BCUT2D eigenvalue weighted by Crippen LogP contribution is 2.42. The maximum atomic E-state index is 13.2. The lowest BCUT2D eigenvalue weighted by atomic mass is 9.64. The van der Waals surface area contributed by atoms with Crippen LogP contribution in [0, 0.1) is 35.0 Å². The van der Waals surface area contributed by atoms with Gasteiger partial charge in [-0.25, -0.2) is 0 Å². The summed E-state index contributed by atoms with van der Waals surface area (Å²) in [6.07, 6.45) is 13.4. The minimum Gasteiger partial charge on any atom is -0.465 e. The van der Waals surface area contributed by atoms with Gasteiger partial charge in [0.2, 0.25) is 0 Å². The second kappa shape index (κ2) is 9.49. The van der Waals surface area contributed by atoms with Gasteiger partial charge in [-0.3, -0.25) is 14.4 Å². The van der Waals surface area contributed by atoms with Crippen molar-refractivity contribution in [1.82, 2.24) is 0 Å². The Kier molecular flexibility index (Phi) is 7.56. The van der Waals surface area contributed by atoms with Crippen molar-refractivity contribution in [2.75, 3.05) is 6.61 Å². The van der Waals surface area contributed by atoms with Crippen LogP contribution in [0.15, 0.2) is 36.5 Å². The molecule has 0 saturated heterocycles. The van der Waals surface area contributed by atoms with E-state index in [4.69, 9.17) is 4.74 Å². The quantitative estimate of drug-likeness (QED) is 0.345. The molecule has 0 bridgehead atoms. The average molecular weight is 387 g/mol. The molecule has 0 aromatic heterocycles. The zero-order valence-electron chi connectivity index (χ0n) is 17.8. The number of carbonyl (C=O) groups is 3. The van der Waals surface area contributed by atoms with Crippen LogP contribution in [0.3, 0.4) is 0 Å². The van der Waals surface area contributed by atoms with Crippen LogP contribution in [0.5, 0.6) is 0 Å². The third kappa shape index (κ3) is 5.09. The monoisotopic (exact) mass is 386 g/mol. The highest BCUT2D eigenvalue weighted by molar-refractivity contribution is 6.02. The van der Waals surface area contributed by atoms with Gasteiger partial charge < -0.3 is 4.74 Å². The summed E-state index contributed by atoms with van der Waals surface area (Å²) in [6, 6.07) is 0. The predicted molar refractivity (Wildman–Crippen MR) is 110 cm³/mol. The summed E-state index contributed by atoms with van der Waals surface area (Å²) in [4.78, 5) is 38.9. The number of hydrogen-bond donors (Lipinski definition) is 0. The topological polar surface area (TPSA) is 60.4 Å². The van der Waals surface area contributed by atoms with Gasteiger partial charge in [0.05, 0.1) is 6.61 Å². The van der Waals surface area contributed by atoms with Crippen molar-refractivity contribution < 1.29 is 19.1 Å². The fraction of sp³-hybridized carbons (Fsp3) is 0.625. The lowest BCUT2D eigenvalue weighted by molar-refractivity contribution is -0.154. The molecular weight excluding hydrogens is 352 g/mol. The Morgan fingerprint density at radius 3 is 2.43 bits per heavy atom. The fourth-order valence-electron chi connectivity index (χ4n) is 4.71. The van der Waals surface area contributed by atoms with Crippen LogP contribution in [-0.4, -0.2) is 24.1 Å². The third-order valence-corrected chi connectivity index (χ3v) is 6.08. The predicted octanol–water partition coefficient (Wildman–Crippen LogP) is 4.70. The summed E-state index contributed by atoms with van der Waals surface area (Å²) >= 11 is 0. The first-order valence-electron chi connectivity index (χ1n) is 10.4. The molecule has 0 heterocycles. The molecule has 0 aliphatic heterocycles. The van der Waals surface area contributed by atoms with E-state index in [0.29, 0.717) is 6.42 Å². The van der Waals surface area contributed by atoms with Crippen LogP contribution < -0.4 is 0 Å². The summed E-state index contributed by atoms with van der Waals surface area (Å²) in [5.41, 5.74) is -0.120. The molecule has 0 N–H and O–H groups in total. The Balaban J connectivity index is 2.18. The molecule has 2 aliphatic rings. The van der Waals surface area contributed by atoms with Gasteiger partial charge in [-0.15, -0.1) is 0 Å². The van der Waals surface area contributed by atoms with Crippen molar-refractivity contribution in [3.05, 3.63) is 36.5 Å². The van der Waals surface area contributed by atoms with Gasteiger partial charge >= 0.3 is 5.97 Å². The molecule has 0 spiro atoms. The minimum absolute atomic E-state index is 0.101. The summed E-state index contributed by atoms with van der Waals surface area (Å²) in [7, 11) is 0. The number of esters is 1. The third-order valence-electron chi connectivity index (χ3n) is 6.08. The standard InChI is InChI=1S/C24H34O4/c1-6-28-23(27)20(22(26)18-12-8-7-9-13-18)17(3)15-19(25)21-16(2)11-10-14-24(21,4)5/h7-12,16-18,20-21H,6,13-15H2,1-5H3. The first-order valence-corrected chi connectivity index (χ1v) is 10.4. The summed E-state index contributed by atoms with van der Waals surface area (Å²) in [5.74, 6) is -2.07. The lowest BCUT2D eigenvalue weighted by Gasteiger charge is -2.39. The lowest BCUT2D eigenvalue weighted by Crippen LogP contribution is -2.41. The molecule has 0 saturated carbocycles. The smallest absolute Gasteiger partial charge is 0.316 e. The number of hydrogen-bond acceptors (Lipinski definition) is 4. The molecule has 5 unspecified atom stereocenters. The highest BCUT2D eigenvalue weighted by Gasteiger charge is 2.42. The van der Waals surface area contributed by atoms with E-state index in [1.54, 1.807) is 6.92 Å². The van der Waals surface area contributed by atoms with E-state index in [1.807, 2.05) is 31.2 Å². The molecule has 2 rings (SSSR count). The molecule has 0 radical (unpaired) electrons. The van der Waals surface area contributed by atoms with Crippen molar-refractivity contribution >= 4 is 17.5 Å². The van der Waals surface area contributed by atoms with Crippen LogP contribution in [0.25, 0.3) is 0 Å². The summed E-state index contributed by atoms with van der Waals surface area (Å²) in [6.45, 7) is 10.1. The molecular formula is C24H34O4. The Hall–Kier alpha value is -1.97. The van der Waals surface area contributed by atoms with Crippen LogP contribution >= 0.6 is 0 Å². The molecule has 0 aromatic carbocycles. The van der Waals surface area contributed by atoms with Crippen molar-refractivity contribution in [2.45, 2.75) is 53.9 Å². The molecule has 4 nitrogen and oxygen atoms in total. The molecule has 0 fully saturated rings. The number of carbonyl (C=O) groups excluding carboxylic acids is 3. The van der Waals surface area contributed by atoms with Gasteiger partial charge in [-0.2, -0.15) is 0 Å². The van der Waals surface area contributed by atoms with Crippen molar-refractivity contribution in [3.8, 4) is 0 Å². The van der Waals surface area contributed by atoms with Crippen molar-refractivity contribution in [3.63, 3.8) is 0 Å². The van der Waals surface area contributed by atoms with Gasteiger partial charge in [0.15, 0.2) is 5.78 Å². The van der Waals surface area contributed by atoms with Crippen molar-refractivity contribution in [1.29, 1.82) is 0 Å². The van der Waals surface area contributed by atoms with Crippen LogP contribution in [-0.2, 0) is 19.1 Å². The number of Topliss-reactive ketones (excluding diaryl/α,β-unsaturated/α-hetero) is 2. The van der Waals surface area contributed by atoms with Crippen molar-refractivity contribution in [2.24, 2.45) is 35.0 Å². The highest BCUT2D eigenvalue weighted by atomic mass is 16.5. The molecule has 4 heteroatoms. The zero-order chi connectivity index (χ0) is 20.9. The molecule has 0 amide bonds. The molecule has 5 atom stereocenters. The van der Waals surface area contributed by atoms with Crippen LogP contribution in [0.4, 0.5) is 0 Å². The first kappa shape index (κ1) is 22.3. The minimum atomic E-state index is -0.900. The van der Waals surface area contributed by atoms with E-state index in [0.717, 1.165) is 6.42 Å². The van der Waals surface area contributed by atoms with E-state index >= 15 is 0 Å². The number of ketones is 2. The first-order chi connectivity index (χ1) is 13.2. The summed E-state index contributed by atoms with van der Waals surface area (Å²) < 4.78 is 5.20. The second-order valence-electron chi connectivity index (χ2n) is 8.89. The van der Waals surface area contributed by atoms with Crippen LogP contribution in [0.2, 0.25) is 0 Å². The Morgan fingerprint density at radius 1 is 1.14 bits per heavy atom.